The zero-order valence-corrected chi connectivity index (χ0v) is 11.1. The lowest BCUT2D eigenvalue weighted by atomic mass is 10.5. The van der Waals surface area contributed by atoms with Gasteiger partial charge in [-0.05, 0) is 30.2 Å². The quantitative estimate of drug-likeness (QED) is 0.514. The van der Waals surface area contributed by atoms with E-state index >= 15 is 0 Å². The van der Waals surface area contributed by atoms with Crippen molar-refractivity contribution in [3.8, 4) is 0 Å². The number of nitro groups is 1. The molecule has 94 valence electrons. The van der Waals surface area contributed by atoms with Crippen molar-refractivity contribution in [1.29, 1.82) is 0 Å². The van der Waals surface area contributed by atoms with Crippen LogP contribution in [0.1, 0.15) is 5.82 Å². The van der Waals surface area contributed by atoms with Gasteiger partial charge in [-0.15, -0.1) is 0 Å². The first kappa shape index (κ1) is 12.6. The van der Waals surface area contributed by atoms with Gasteiger partial charge in [-0.3, -0.25) is 10.1 Å². The van der Waals surface area contributed by atoms with Gasteiger partial charge in [0.05, 0.1) is 4.92 Å². The SMILES string of the molecule is CNc1ncnc(Sc2nc(C)ns2)c1[N+](=O)[O-]. The zero-order chi connectivity index (χ0) is 13.1. The third-order valence-electron chi connectivity index (χ3n) is 1.90. The molecule has 0 amide bonds. The van der Waals surface area contributed by atoms with Gasteiger partial charge in [-0.1, -0.05) is 0 Å². The van der Waals surface area contributed by atoms with Crippen LogP contribution in [0.3, 0.4) is 0 Å². The molecule has 1 N–H and O–H groups in total. The van der Waals surface area contributed by atoms with Gasteiger partial charge in [0.2, 0.25) is 5.82 Å². The van der Waals surface area contributed by atoms with Gasteiger partial charge in [-0.25, -0.2) is 15.0 Å². The van der Waals surface area contributed by atoms with Crippen LogP contribution in [0, 0.1) is 17.0 Å². The first-order valence-corrected chi connectivity index (χ1v) is 6.36. The Kier molecular flexibility index (Phi) is 3.67. The molecule has 0 fully saturated rings. The Balaban J connectivity index is 2.41. The van der Waals surface area contributed by atoms with Crippen LogP contribution in [-0.4, -0.2) is 31.3 Å². The van der Waals surface area contributed by atoms with Crippen LogP contribution >= 0.6 is 23.3 Å². The molecule has 0 bridgehead atoms. The predicted molar refractivity (Wildman–Crippen MR) is 67.0 cm³/mol. The summed E-state index contributed by atoms with van der Waals surface area (Å²) in [7, 11) is 1.57. The van der Waals surface area contributed by atoms with E-state index in [1.807, 2.05) is 0 Å². The van der Waals surface area contributed by atoms with Crippen molar-refractivity contribution in [2.45, 2.75) is 16.3 Å². The number of aromatic nitrogens is 4. The first-order valence-electron chi connectivity index (χ1n) is 4.77. The molecule has 0 spiro atoms. The highest BCUT2D eigenvalue weighted by Gasteiger charge is 2.23. The molecule has 0 unspecified atom stereocenters. The summed E-state index contributed by atoms with van der Waals surface area (Å²) in [4.78, 5) is 22.4. The molecule has 18 heavy (non-hydrogen) atoms. The molecule has 2 aromatic heterocycles. The minimum atomic E-state index is -0.512. The van der Waals surface area contributed by atoms with Gasteiger partial charge in [0.1, 0.15) is 12.2 Å². The van der Waals surface area contributed by atoms with Crippen molar-refractivity contribution in [1.82, 2.24) is 19.3 Å². The summed E-state index contributed by atoms with van der Waals surface area (Å²) in [5, 5.41) is 14.0. The van der Waals surface area contributed by atoms with E-state index in [2.05, 4.69) is 24.6 Å². The normalized spacial score (nSPS) is 10.3. The van der Waals surface area contributed by atoms with Crippen LogP contribution in [0.15, 0.2) is 15.7 Å². The van der Waals surface area contributed by atoms with Crippen molar-refractivity contribution in [2.24, 2.45) is 0 Å². The Hall–Kier alpha value is -1.81. The maximum Gasteiger partial charge on any atom is 0.343 e. The van der Waals surface area contributed by atoms with E-state index in [4.69, 9.17) is 0 Å². The molecule has 0 saturated carbocycles. The molecule has 2 heterocycles. The zero-order valence-electron chi connectivity index (χ0n) is 9.45. The standard InChI is InChI=1S/C8H8N6O2S2/c1-4-12-8(18-13-4)17-7-5(14(15)16)6(9-2)10-3-11-7/h3H,1-2H3,(H,9,10,11). The minimum absolute atomic E-state index is 0.155. The summed E-state index contributed by atoms with van der Waals surface area (Å²) in [5.41, 5.74) is -0.155. The van der Waals surface area contributed by atoms with Gasteiger partial charge < -0.3 is 5.32 Å². The van der Waals surface area contributed by atoms with Gasteiger partial charge >= 0.3 is 5.69 Å². The molecule has 0 atom stereocenters. The van der Waals surface area contributed by atoms with Crippen LogP contribution in [0.2, 0.25) is 0 Å². The summed E-state index contributed by atoms with van der Waals surface area (Å²) >= 11 is 2.28. The van der Waals surface area contributed by atoms with E-state index in [9.17, 15) is 10.1 Å². The van der Waals surface area contributed by atoms with Gasteiger partial charge in [0.25, 0.3) is 0 Å². The second kappa shape index (κ2) is 5.23. The Morgan fingerprint density at radius 3 is 2.83 bits per heavy atom. The Morgan fingerprint density at radius 2 is 2.28 bits per heavy atom. The fraction of sp³-hybridized carbons (Fsp3) is 0.250. The molecule has 8 nitrogen and oxygen atoms in total. The molecule has 2 rings (SSSR count). The average Bonchev–Trinajstić information content (AvgIpc) is 2.74. The molecule has 2 aromatic rings. The minimum Gasteiger partial charge on any atom is -0.367 e. The van der Waals surface area contributed by atoms with Gasteiger partial charge in [0, 0.05) is 7.05 Å². The monoisotopic (exact) mass is 284 g/mol. The molecule has 10 heteroatoms. The molecular formula is C8H8N6O2S2. The Morgan fingerprint density at radius 1 is 1.50 bits per heavy atom. The van der Waals surface area contributed by atoms with Crippen molar-refractivity contribution >= 4 is 34.8 Å². The van der Waals surface area contributed by atoms with Crippen molar-refractivity contribution < 1.29 is 4.92 Å². The summed E-state index contributed by atoms with van der Waals surface area (Å²) < 4.78 is 4.62. The maximum atomic E-state index is 11.0. The van der Waals surface area contributed by atoms with E-state index in [0.29, 0.717) is 10.2 Å². The second-order valence-corrected chi connectivity index (χ2v) is 5.08. The molecule has 0 aliphatic rings. The Labute approximate surface area is 110 Å². The van der Waals surface area contributed by atoms with Crippen molar-refractivity contribution in [2.75, 3.05) is 12.4 Å². The molecule has 0 saturated heterocycles. The van der Waals surface area contributed by atoms with Gasteiger partial charge in [0.15, 0.2) is 9.37 Å². The number of nitrogens with one attached hydrogen (secondary N) is 1. The second-order valence-electron chi connectivity index (χ2n) is 3.09. The van der Waals surface area contributed by atoms with Crippen LogP contribution in [0.4, 0.5) is 11.5 Å². The summed E-state index contributed by atoms with van der Waals surface area (Å²) in [5.74, 6) is 0.812. The largest absolute Gasteiger partial charge is 0.367 e. The van der Waals surface area contributed by atoms with Gasteiger partial charge in [-0.2, -0.15) is 4.37 Å². The van der Waals surface area contributed by atoms with E-state index in [-0.39, 0.29) is 16.5 Å². The smallest absolute Gasteiger partial charge is 0.343 e. The highest BCUT2D eigenvalue weighted by atomic mass is 32.2. The molecular weight excluding hydrogens is 276 g/mol. The first-order chi connectivity index (χ1) is 8.61. The summed E-state index contributed by atoms with van der Waals surface area (Å²) in [6.45, 7) is 1.76. The van der Waals surface area contributed by atoms with Crippen molar-refractivity contribution in [3.63, 3.8) is 0 Å². The van der Waals surface area contributed by atoms with E-state index in [1.54, 1.807) is 14.0 Å². The fourth-order valence-electron chi connectivity index (χ4n) is 1.19. The average molecular weight is 284 g/mol. The molecule has 0 aliphatic carbocycles. The highest BCUT2D eigenvalue weighted by molar-refractivity contribution is 8.01. The summed E-state index contributed by atoms with van der Waals surface area (Å²) in [6.07, 6.45) is 1.27. The van der Waals surface area contributed by atoms with Crippen LogP contribution in [-0.2, 0) is 0 Å². The Bertz CT molecular complexity index is 587. The third kappa shape index (κ3) is 2.54. The van der Waals surface area contributed by atoms with E-state index < -0.39 is 4.92 Å². The van der Waals surface area contributed by atoms with Crippen LogP contribution in [0.25, 0.3) is 0 Å². The number of anilines is 1. The van der Waals surface area contributed by atoms with E-state index in [1.165, 1.54) is 17.9 Å². The number of nitrogens with zero attached hydrogens (tertiary/aromatic N) is 5. The van der Waals surface area contributed by atoms with Crippen molar-refractivity contribution in [3.05, 3.63) is 22.3 Å². The van der Waals surface area contributed by atoms with E-state index in [0.717, 1.165) is 11.8 Å². The van der Waals surface area contributed by atoms with Crippen LogP contribution < -0.4 is 5.32 Å². The van der Waals surface area contributed by atoms with Crippen LogP contribution in [0.5, 0.6) is 0 Å². The topological polar surface area (TPSA) is 107 Å². The lowest BCUT2D eigenvalue weighted by molar-refractivity contribution is -0.387. The molecule has 0 radical (unpaired) electrons. The fourth-order valence-corrected chi connectivity index (χ4v) is 2.82. The number of hydrogen-bond acceptors (Lipinski definition) is 9. The number of rotatable bonds is 4. The predicted octanol–water partition coefficient (Wildman–Crippen LogP) is 1.74. The summed E-state index contributed by atoms with van der Waals surface area (Å²) in [6, 6.07) is 0. The maximum absolute atomic E-state index is 11.0. The molecule has 0 aliphatic heterocycles. The lowest BCUT2D eigenvalue weighted by Crippen LogP contribution is -2.02. The number of hydrogen-bond donors (Lipinski definition) is 1. The number of aryl methyl sites for hydroxylation is 1. The molecule has 0 aromatic carbocycles. The highest BCUT2D eigenvalue weighted by Crippen LogP contribution is 2.36. The lowest BCUT2D eigenvalue weighted by Gasteiger charge is -2.03. The third-order valence-corrected chi connectivity index (χ3v) is 3.74.